The maximum atomic E-state index is 12.7. The summed E-state index contributed by atoms with van der Waals surface area (Å²) in [6, 6.07) is 12.1. The van der Waals surface area contributed by atoms with E-state index in [1.165, 1.54) is 6.07 Å². The number of carbonyl (C=O) groups excluding carboxylic acids is 2. The summed E-state index contributed by atoms with van der Waals surface area (Å²) < 4.78 is 5.11. The second-order valence-electron chi connectivity index (χ2n) is 5.67. The molecule has 1 heterocycles. The van der Waals surface area contributed by atoms with Crippen molar-refractivity contribution in [3.63, 3.8) is 0 Å². The molecule has 0 saturated carbocycles. The number of nitrogens with zero attached hydrogens (tertiary/aromatic N) is 1. The molecule has 3 rings (SSSR count). The van der Waals surface area contributed by atoms with Crippen LogP contribution in [0.2, 0.25) is 10.0 Å². The third-order valence-corrected chi connectivity index (χ3v) is 4.99. The van der Waals surface area contributed by atoms with Crippen molar-refractivity contribution < 1.29 is 14.3 Å². The normalized spacial score (nSPS) is 14.4. The van der Waals surface area contributed by atoms with Crippen LogP contribution in [0.3, 0.4) is 0 Å². The van der Waals surface area contributed by atoms with Gasteiger partial charge in [0, 0.05) is 17.1 Å². The monoisotopic (exact) mass is 409 g/mol. The smallest absolute Gasteiger partial charge is 0.273 e. The zero-order valence-corrected chi connectivity index (χ0v) is 16.0. The third-order valence-electron chi connectivity index (χ3n) is 4.10. The molecule has 26 heavy (non-hydrogen) atoms. The summed E-state index contributed by atoms with van der Waals surface area (Å²) in [6.45, 7) is 0.217. The summed E-state index contributed by atoms with van der Waals surface area (Å²) in [5.74, 6) is -0.240. The topological polar surface area (TPSA) is 46.6 Å². The van der Waals surface area contributed by atoms with E-state index in [0.29, 0.717) is 17.0 Å². The number of hydrogen-bond donors (Lipinski definition) is 0. The van der Waals surface area contributed by atoms with Crippen molar-refractivity contribution in [2.75, 3.05) is 13.7 Å². The molecule has 0 saturated heterocycles. The molecule has 0 unspecified atom stereocenters. The first-order valence-electron chi connectivity index (χ1n) is 7.76. The molecule has 1 aliphatic rings. The third kappa shape index (κ3) is 3.58. The van der Waals surface area contributed by atoms with Gasteiger partial charge in [0.25, 0.3) is 11.8 Å². The highest BCUT2D eigenvalue weighted by atomic mass is 35.5. The van der Waals surface area contributed by atoms with Gasteiger partial charge in [0.15, 0.2) is 0 Å². The summed E-state index contributed by atoms with van der Waals surface area (Å²) in [4.78, 5) is 26.3. The molecule has 0 radical (unpaired) electrons. The number of halogens is 3. The molecule has 4 nitrogen and oxygen atoms in total. The number of benzene rings is 2. The van der Waals surface area contributed by atoms with Gasteiger partial charge in [0.1, 0.15) is 10.8 Å². The van der Waals surface area contributed by atoms with Crippen molar-refractivity contribution in [2.24, 2.45) is 0 Å². The van der Waals surface area contributed by atoms with E-state index in [0.717, 1.165) is 16.2 Å². The number of methoxy groups -OCH3 is 1. The lowest BCUT2D eigenvalue weighted by atomic mass is 10.1. The zero-order valence-electron chi connectivity index (χ0n) is 13.8. The van der Waals surface area contributed by atoms with Gasteiger partial charge in [-0.1, -0.05) is 53.0 Å². The van der Waals surface area contributed by atoms with Crippen molar-refractivity contribution in [3.05, 3.63) is 68.7 Å². The van der Waals surface area contributed by atoms with Gasteiger partial charge in [0.05, 0.1) is 17.7 Å². The minimum Gasteiger partial charge on any atom is -0.497 e. The number of carbonyl (C=O) groups is 2. The largest absolute Gasteiger partial charge is 0.497 e. The van der Waals surface area contributed by atoms with Gasteiger partial charge >= 0.3 is 0 Å². The van der Waals surface area contributed by atoms with Crippen LogP contribution in [0.5, 0.6) is 5.75 Å². The summed E-state index contributed by atoms with van der Waals surface area (Å²) >= 11 is 18.2. The molecule has 0 aliphatic carbocycles. The Labute approximate surface area is 165 Å². The molecule has 0 N–H and O–H groups in total. The molecule has 0 atom stereocenters. The molecular weight excluding hydrogens is 397 g/mol. The van der Waals surface area contributed by atoms with Gasteiger partial charge < -0.3 is 4.74 Å². The lowest BCUT2D eigenvalue weighted by molar-refractivity contribution is -0.136. The van der Waals surface area contributed by atoms with Crippen LogP contribution in [0.4, 0.5) is 0 Å². The first kappa shape index (κ1) is 18.8. The van der Waals surface area contributed by atoms with E-state index in [-0.39, 0.29) is 22.2 Å². The minimum atomic E-state index is -0.522. The standard InChI is InChI=1S/C19H14Cl3NO3/c1-26-13-5-2-11(3-6-13)8-9-23-18(24)16(17(22)19(23)25)14-7-4-12(20)10-15(14)21/h2-7,10H,8-9H2,1H3. The van der Waals surface area contributed by atoms with Gasteiger partial charge in [-0.3, -0.25) is 14.5 Å². The van der Waals surface area contributed by atoms with Crippen LogP contribution in [0.25, 0.3) is 5.57 Å². The molecule has 0 fully saturated rings. The first-order chi connectivity index (χ1) is 12.4. The number of ether oxygens (including phenoxy) is 1. The fraction of sp³-hybridized carbons (Fsp3) is 0.158. The van der Waals surface area contributed by atoms with Gasteiger partial charge in [-0.05, 0) is 36.2 Å². The summed E-state index contributed by atoms with van der Waals surface area (Å²) in [7, 11) is 1.59. The van der Waals surface area contributed by atoms with Gasteiger partial charge in [-0.15, -0.1) is 0 Å². The number of rotatable bonds is 5. The Morgan fingerprint density at radius 2 is 1.65 bits per heavy atom. The molecule has 2 aromatic carbocycles. The lowest BCUT2D eigenvalue weighted by Crippen LogP contribution is -2.33. The maximum absolute atomic E-state index is 12.7. The van der Waals surface area contributed by atoms with Crippen molar-refractivity contribution in [1.29, 1.82) is 0 Å². The molecular formula is C19H14Cl3NO3. The van der Waals surface area contributed by atoms with E-state index in [2.05, 4.69) is 0 Å². The van der Waals surface area contributed by atoms with E-state index in [9.17, 15) is 9.59 Å². The van der Waals surface area contributed by atoms with Gasteiger partial charge in [-0.2, -0.15) is 0 Å². The Morgan fingerprint density at radius 3 is 2.27 bits per heavy atom. The van der Waals surface area contributed by atoms with Crippen LogP contribution in [0.1, 0.15) is 11.1 Å². The quantitative estimate of drug-likeness (QED) is 0.679. The van der Waals surface area contributed by atoms with Crippen LogP contribution in [0, 0.1) is 0 Å². The van der Waals surface area contributed by atoms with Crippen LogP contribution in [-0.2, 0) is 16.0 Å². The Hall–Kier alpha value is -2.01. The zero-order chi connectivity index (χ0) is 18.8. The van der Waals surface area contributed by atoms with Crippen molar-refractivity contribution >= 4 is 52.2 Å². The fourth-order valence-corrected chi connectivity index (χ4v) is 3.50. The number of imide groups is 1. The summed E-state index contributed by atoms with van der Waals surface area (Å²) in [5, 5.41) is 0.571. The predicted molar refractivity (Wildman–Crippen MR) is 103 cm³/mol. The van der Waals surface area contributed by atoms with Crippen LogP contribution < -0.4 is 4.74 Å². The highest BCUT2D eigenvalue weighted by Gasteiger charge is 2.38. The SMILES string of the molecule is COc1ccc(CCN2C(=O)C(Cl)=C(c3ccc(Cl)cc3Cl)C2=O)cc1. The Morgan fingerprint density at radius 1 is 0.962 bits per heavy atom. The van der Waals surface area contributed by atoms with Crippen LogP contribution in [0.15, 0.2) is 47.5 Å². The van der Waals surface area contributed by atoms with E-state index < -0.39 is 11.8 Å². The van der Waals surface area contributed by atoms with Crippen molar-refractivity contribution in [2.45, 2.75) is 6.42 Å². The highest BCUT2D eigenvalue weighted by molar-refractivity contribution is 6.55. The molecule has 2 aromatic rings. The Balaban J connectivity index is 1.79. The van der Waals surface area contributed by atoms with Crippen LogP contribution in [-0.4, -0.2) is 30.4 Å². The minimum absolute atomic E-state index is 0.105. The molecule has 134 valence electrons. The first-order valence-corrected chi connectivity index (χ1v) is 8.90. The second kappa shape index (κ2) is 7.70. The number of hydrogen-bond acceptors (Lipinski definition) is 3. The predicted octanol–water partition coefficient (Wildman–Crippen LogP) is 4.56. The molecule has 2 amide bonds. The average molecular weight is 411 g/mol. The Bertz CT molecular complexity index is 907. The molecule has 0 aromatic heterocycles. The van der Waals surface area contributed by atoms with E-state index in [1.54, 1.807) is 19.2 Å². The lowest BCUT2D eigenvalue weighted by Gasteiger charge is -2.15. The molecule has 7 heteroatoms. The van der Waals surface area contributed by atoms with Crippen LogP contribution >= 0.6 is 34.8 Å². The second-order valence-corrected chi connectivity index (χ2v) is 6.89. The van der Waals surface area contributed by atoms with E-state index in [1.807, 2.05) is 24.3 Å². The number of amides is 2. The molecule has 0 bridgehead atoms. The molecule has 1 aliphatic heterocycles. The Kier molecular flexibility index (Phi) is 5.56. The van der Waals surface area contributed by atoms with Crippen molar-refractivity contribution in [1.82, 2.24) is 4.90 Å². The van der Waals surface area contributed by atoms with Gasteiger partial charge in [0.2, 0.25) is 0 Å². The fourth-order valence-electron chi connectivity index (χ4n) is 2.71. The summed E-state index contributed by atoms with van der Waals surface area (Å²) in [6.07, 6.45) is 0.507. The molecule has 0 spiro atoms. The average Bonchev–Trinajstić information content (AvgIpc) is 2.83. The maximum Gasteiger partial charge on any atom is 0.273 e. The highest BCUT2D eigenvalue weighted by Crippen LogP contribution is 2.36. The van der Waals surface area contributed by atoms with E-state index >= 15 is 0 Å². The van der Waals surface area contributed by atoms with Gasteiger partial charge in [-0.25, -0.2) is 0 Å². The van der Waals surface area contributed by atoms with Crippen molar-refractivity contribution in [3.8, 4) is 5.75 Å². The van der Waals surface area contributed by atoms with E-state index in [4.69, 9.17) is 39.5 Å². The summed E-state index contributed by atoms with van der Waals surface area (Å²) in [5.41, 5.74) is 1.47.